The van der Waals surface area contributed by atoms with Crippen LogP contribution in [0.4, 0.5) is 0 Å². The van der Waals surface area contributed by atoms with Crippen molar-refractivity contribution in [3.8, 4) is 0 Å². The SMILES string of the molecule is CC(C)c1ccccc1.c1ccc2c(c1)sc1ccccc12. The normalized spacial score (nSPS) is 10.7. The Morgan fingerprint density at radius 1 is 0.591 bits per heavy atom. The van der Waals surface area contributed by atoms with E-state index >= 15 is 0 Å². The molecule has 3 aromatic carbocycles. The fourth-order valence-corrected chi connectivity index (χ4v) is 3.62. The molecule has 0 spiro atoms. The van der Waals surface area contributed by atoms with Crippen LogP contribution in [0, 0.1) is 0 Å². The maximum atomic E-state index is 2.20. The summed E-state index contributed by atoms with van der Waals surface area (Å²) >= 11 is 1.86. The molecule has 4 rings (SSSR count). The highest BCUT2D eigenvalue weighted by atomic mass is 32.1. The molecule has 0 aliphatic carbocycles. The van der Waals surface area contributed by atoms with Crippen molar-refractivity contribution in [2.75, 3.05) is 0 Å². The molecule has 22 heavy (non-hydrogen) atoms. The Bertz CT molecular complexity index is 806. The van der Waals surface area contributed by atoms with E-state index < -0.39 is 0 Å². The largest absolute Gasteiger partial charge is 0.135 e. The van der Waals surface area contributed by atoms with Gasteiger partial charge in [-0.3, -0.25) is 0 Å². The highest BCUT2D eigenvalue weighted by molar-refractivity contribution is 7.25. The van der Waals surface area contributed by atoms with E-state index in [1.54, 1.807) is 0 Å². The number of rotatable bonds is 1. The third kappa shape index (κ3) is 3.20. The van der Waals surface area contributed by atoms with E-state index in [1.165, 1.54) is 25.7 Å². The van der Waals surface area contributed by atoms with Crippen LogP contribution in [-0.2, 0) is 0 Å². The third-order valence-electron chi connectivity index (χ3n) is 3.75. The molecule has 0 radical (unpaired) electrons. The Morgan fingerprint density at radius 3 is 1.50 bits per heavy atom. The second kappa shape index (κ2) is 6.76. The van der Waals surface area contributed by atoms with Gasteiger partial charge in [-0.25, -0.2) is 0 Å². The molecule has 1 heterocycles. The van der Waals surface area contributed by atoms with Gasteiger partial charge in [-0.05, 0) is 23.6 Å². The average molecular weight is 304 g/mol. The molecule has 1 heteroatoms. The van der Waals surface area contributed by atoms with Crippen molar-refractivity contribution in [2.24, 2.45) is 0 Å². The number of benzene rings is 3. The van der Waals surface area contributed by atoms with Crippen LogP contribution in [0.5, 0.6) is 0 Å². The first-order chi connectivity index (χ1) is 10.8. The fourth-order valence-electron chi connectivity index (χ4n) is 2.51. The summed E-state index contributed by atoms with van der Waals surface area (Å²) in [4.78, 5) is 0. The molecule has 0 fully saturated rings. The monoisotopic (exact) mass is 304 g/mol. The molecule has 0 N–H and O–H groups in total. The van der Waals surface area contributed by atoms with Gasteiger partial charge in [0.1, 0.15) is 0 Å². The molecule has 0 aliphatic rings. The summed E-state index contributed by atoms with van der Waals surface area (Å²) in [5.74, 6) is 0.659. The first-order valence-electron chi connectivity index (χ1n) is 7.67. The van der Waals surface area contributed by atoms with Crippen LogP contribution in [0.15, 0.2) is 78.9 Å². The van der Waals surface area contributed by atoms with Crippen molar-refractivity contribution in [2.45, 2.75) is 19.8 Å². The molecule has 110 valence electrons. The van der Waals surface area contributed by atoms with E-state index in [4.69, 9.17) is 0 Å². The molecule has 0 atom stereocenters. The Morgan fingerprint density at radius 2 is 1.05 bits per heavy atom. The minimum absolute atomic E-state index is 0.659. The van der Waals surface area contributed by atoms with E-state index in [0.717, 1.165) is 0 Å². The van der Waals surface area contributed by atoms with Crippen LogP contribution in [0.3, 0.4) is 0 Å². The quantitative estimate of drug-likeness (QED) is 0.360. The zero-order valence-electron chi connectivity index (χ0n) is 13.0. The van der Waals surface area contributed by atoms with Gasteiger partial charge in [-0.2, -0.15) is 0 Å². The van der Waals surface area contributed by atoms with Gasteiger partial charge in [0.2, 0.25) is 0 Å². The van der Waals surface area contributed by atoms with Gasteiger partial charge in [0.05, 0.1) is 0 Å². The van der Waals surface area contributed by atoms with E-state index in [1.807, 2.05) is 17.4 Å². The molecule has 0 aliphatic heterocycles. The predicted molar refractivity (Wildman–Crippen MR) is 99.9 cm³/mol. The van der Waals surface area contributed by atoms with Gasteiger partial charge in [0.15, 0.2) is 0 Å². The highest BCUT2D eigenvalue weighted by Crippen LogP contribution is 2.32. The third-order valence-corrected chi connectivity index (χ3v) is 4.90. The van der Waals surface area contributed by atoms with Crippen LogP contribution >= 0.6 is 11.3 Å². The van der Waals surface area contributed by atoms with Gasteiger partial charge in [-0.15, -0.1) is 11.3 Å². The van der Waals surface area contributed by atoms with Gasteiger partial charge in [0, 0.05) is 20.2 Å². The van der Waals surface area contributed by atoms with Crippen LogP contribution in [0.1, 0.15) is 25.3 Å². The lowest BCUT2D eigenvalue weighted by molar-refractivity contribution is 0.867. The van der Waals surface area contributed by atoms with Crippen molar-refractivity contribution in [1.82, 2.24) is 0 Å². The van der Waals surface area contributed by atoms with E-state index in [2.05, 4.69) is 86.6 Å². The van der Waals surface area contributed by atoms with Crippen molar-refractivity contribution in [1.29, 1.82) is 0 Å². The summed E-state index contributed by atoms with van der Waals surface area (Å²) in [5.41, 5.74) is 1.41. The average Bonchev–Trinajstić information content (AvgIpc) is 2.95. The number of hydrogen-bond donors (Lipinski definition) is 0. The summed E-state index contributed by atoms with van der Waals surface area (Å²) < 4.78 is 2.76. The number of thiophene rings is 1. The molecule has 1 aromatic heterocycles. The van der Waals surface area contributed by atoms with E-state index in [9.17, 15) is 0 Å². The van der Waals surface area contributed by atoms with Gasteiger partial charge >= 0.3 is 0 Å². The maximum Gasteiger partial charge on any atom is 0.0355 e. The second-order valence-corrected chi connectivity index (χ2v) is 6.74. The minimum Gasteiger partial charge on any atom is -0.135 e. The second-order valence-electron chi connectivity index (χ2n) is 5.66. The first kappa shape index (κ1) is 14.8. The van der Waals surface area contributed by atoms with E-state index in [0.29, 0.717) is 5.92 Å². The zero-order chi connectivity index (χ0) is 15.4. The number of hydrogen-bond acceptors (Lipinski definition) is 1. The molecular weight excluding hydrogens is 284 g/mol. The molecule has 0 saturated heterocycles. The van der Waals surface area contributed by atoms with Crippen molar-refractivity contribution in [3.05, 3.63) is 84.4 Å². The lowest BCUT2D eigenvalue weighted by Crippen LogP contribution is -1.83. The van der Waals surface area contributed by atoms with Crippen LogP contribution in [-0.4, -0.2) is 0 Å². The zero-order valence-corrected chi connectivity index (χ0v) is 13.8. The van der Waals surface area contributed by atoms with Gasteiger partial charge in [-0.1, -0.05) is 80.6 Å². The molecule has 0 amide bonds. The summed E-state index contributed by atoms with van der Waals surface area (Å²) in [6.45, 7) is 4.41. The first-order valence-corrected chi connectivity index (χ1v) is 8.48. The fraction of sp³-hybridized carbons (Fsp3) is 0.143. The van der Waals surface area contributed by atoms with E-state index in [-0.39, 0.29) is 0 Å². The Labute approximate surface area is 136 Å². The minimum atomic E-state index is 0.659. The van der Waals surface area contributed by atoms with Crippen molar-refractivity contribution < 1.29 is 0 Å². The van der Waals surface area contributed by atoms with Crippen LogP contribution in [0.2, 0.25) is 0 Å². The summed E-state index contributed by atoms with van der Waals surface area (Å²) in [5, 5.41) is 2.76. The van der Waals surface area contributed by atoms with Gasteiger partial charge < -0.3 is 0 Å². The highest BCUT2D eigenvalue weighted by Gasteiger charge is 2.01. The Hall–Kier alpha value is -2.12. The summed E-state index contributed by atoms with van der Waals surface area (Å²) in [6.07, 6.45) is 0. The molecule has 4 aromatic rings. The Kier molecular flexibility index (Phi) is 4.55. The van der Waals surface area contributed by atoms with Crippen molar-refractivity contribution in [3.63, 3.8) is 0 Å². The molecule has 0 bridgehead atoms. The maximum absolute atomic E-state index is 2.20. The van der Waals surface area contributed by atoms with Crippen LogP contribution < -0.4 is 0 Å². The lowest BCUT2D eigenvalue weighted by Gasteiger charge is -2.01. The topological polar surface area (TPSA) is 0 Å². The Balaban J connectivity index is 0.000000142. The molecule has 0 saturated carbocycles. The predicted octanol–water partition coefficient (Wildman–Crippen LogP) is 6.86. The summed E-state index contributed by atoms with van der Waals surface area (Å²) in [6, 6.07) is 27.6. The molecule has 0 nitrogen and oxygen atoms in total. The smallest absolute Gasteiger partial charge is 0.0355 e. The van der Waals surface area contributed by atoms with Crippen molar-refractivity contribution >= 4 is 31.5 Å². The molecule has 0 unspecified atom stereocenters. The number of fused-ring (bicyclic) bond motifs is 3. The van der Waals surface area contributed by atoms with Gasteiger partial charge in [0.25, 0.3) is 0 Å². The lowest BCUT2D eigenvalue weighted by atomic mass is 10.0. The van der Waals surface area contributed by atoms with Crippen LogP contribution in [0.25, 0.3) is 20.2 Å². The summed E-state index contributed by atoms with van der Waals surface area (Å²) in [7, 11) is 0. The standard InChI is InChI=1S/C12H8S.C9H12/c1-3-7-11-9(5-1)10-6-2-4-8-12(10)13-11;1-8(2)9-6-4-3-5-7-9/h1-8H;3-8H,1-2H3. The molecular formula is C21H20S.